The number of carbonyl (C=O) groups is 1. The van der Waals surface area contributed by atoms with Crippen LogP contribution in [0.3, 0.4) is 0 Å². The van der Waals surface area contributed by atoms with Crippen molar-refractivity contribution in [2.75, 3.05) is 19.6 Å². The van der Waals surface area contributed by atoms with Gasteiger partial charge < -0.3 is 10.6 Å². The maximum absolute atomic E-state index is 12.6. The van der Waals surface area contributed by atoms with E-state index in [4.69, 9.17) is 0 Å². The zero-order valence-electron chi connectivity index (χ0n) is 14.2. The van der Waals surface area contributed by atoms with E-state index >= 15 is 0 Å². The van der Waals surface area contributed by atoms with Gasteiger partial charge in [0.15, 0.2) is 0 Å². The van der Waals surface area contributed by atoms with Crippen LogP contribution in [0.15, 0.2) is 47.6 Å². The summed E-state index contributed by atoms with van der Waals surface area (Å²) in [6.45, 7) is 4.44. The molecule has 1 aliphatic heterocycles. The molecule has 134 valence electrons. The number of nitrogens with one attached hydrogen (secondary N) is 2. The molecule has 1 saturated heterocycles. The van der Waals surface area contributed by atoms with Gasteiger partial charge in [-0.3, -0.25) is 4.79 Å². The Kier molecular flexibility index (Phi) is 5.24. The van der Waals surface area contributed by atoms with Gasteiger partial charge >= 0.3 is 0 Å². The summed E-state index contributed by atoms with van der Waals surface area (Å²) in [4.78, 5) is 12.5. The minimum absolute atomic E-state index is 0.203. The fraction of sp³-hybridized carbons (Fsp3) is 0.389. The van der Waals surface area contributed by atoms with Gasteiger partial charge in [-0.1, -0.05) is 17.7 Å². The molecule has 1 amide bonds. The molecule has 2 N–H and O–H groups in total. The first-order chi connectivity index (χ1) is 12.0. The fourth-order valence-corrected chi connectivity index (χ4v) is 4.13. The van der Waals surface area contributed by atoms with Gasteiger partial charge in [0, 0.05) is 18.9 Å². The summed E-state index contributed by atoms with van der Waals surface area (Å²) in [6.07, 6.45) is 4.98. The Bertz CT molecular complexity index is 835. The summed E-state index contributed by atoms with van der Waals surface area (Å²) in [6, 6.07) is 8.17. The second kappa shape index (κ2) is 7.41. The summed E-state index contributed by atoms with van der Waals surface area (Å²) >= 11 is 0. The van der Waals surface area contributed by atoms with Crippen molar-refractivity contribution < 1.29 is 13.2 Å². The SMILES string of the molecule is Cc1ccc(S(=O)(=O)n2ccc(C(=O)NCC3CCCNC3)c2)cc1. The maximum atomic E-state index is 12.6. The van der Waals surface area contributed by atoms with E-state index < -0.39 is 10.0 Å². The lowest BCUT2D eigenvalue weighted by atomic mass is 10.00. The van der Waals surface area contributed by atoms with Crippen LogP contribution >= 0.6 is 0 Å². The lowest BCUT2D eigenvalue weighted by Crippen LogP contribution is -2.38. The Morgan fingerprint density at radius 1 is 1.28 bits per heavy atom. The molecular formula is C18H23N3O3S. The van der Waals surface area contributed by atoms with E-state index in [1.165, 1.54) is 18.5 Å². The summed E-state index contributed by atoms with van der Waals surface area (Å²) in [5.41, 5.74) is 1.34. The van der Waals surface area contributed by atoms with E-state index in [1.807, 2.05) is 6.92 Å². The van der Waals surface area contributed by atoms with E-state index in [0.29, 0.717) is 18.0 Å². The number of aromatic nitrogens is 1. The van der Waals surface area contributed by atoms with Crippen LogP contribution < -0.4 is 10.6 Å². The minimum atomic E-state index is -3.68. The molecule has 0 saturated carbocycles. The summed E-state index contributed by atoms with van der Waals surface area (Å²) in [5, 5.41) is 6.20. The van der Waals surface area contributed by atoms with Crippen LogP contribution in [0.1, 0.15) is 28.8 Å². The zero-order valence-corrected chi connectivity index (χ0v) is 15.1. The lowest BCUT2D eigenvalue weighted by molar-refractivity contribution is 0.0945. The van der Waals surface area contributed by atoms with E-state index in [0.717, 1.165) is 35.5 Å². The monoisotopic (exact) mass is 361 g/mol. The summed E-state index contributed by atoms with van der Waals surface area (Å²) < 4.78 is 26.3. The van der Waals surface area contributed by atoms with E-state index in [9.17, 15) is 13.2 Å². The standard InChI is InChI=1S/C18H23N3O3S/c1-14-4-6-17(7-5-14)25(23,24)21-10-8-16(13-21)18(22)20-12-15-3-2-9-19-11-15/h4-8,10,13,15,19H,2-3,9,11-12H2,1H3,(H,20,22). The normalized spacial score (nSPS) is 18.0. The van der Waals surface area contributed by atoms with Gasteiger partial charge in [0.25, 0.3) is 15.9 Å². The Hall–Kier alpha value is -2.12. The van der Waals surface area contributed by atoms with Crippen molar-refractivity contribution in [3.63, 3.8) is 0 Å². The smallest absolute Gasteiger partial charge is 0.267 e. The van der Waals surface area contributed by atoms with Crippen molar-refractivity contribution in [2.45, 2.75) is 24.7 Å². The first kappa shape index (κ1) is 17.7. The first-order valence-corrected chi connectivity index (χ1v) is 9.90. The topological polar surface area (TPSA) is 80.2 Å². The molecule has 6 nitrogen and oxygen atoms in total. The fourth-order valence-electron chi connectivity index (χ4n) is 2.93. The molecule has 1 aromatic carbocycles. The van der Waals surface area contributed by atoms with Gasteiger partial charge in [-0.25, -0.2) is 12.4 Å². The van der Waals surface area contributed by atoms with Crippen LogP contribution in [-0.4, -0.2) is 37.9 Å². The van der Waals surface area contributed by atoms with Gasteiger partial charge in [-0.05, 0) is 57.0 Å². The summed E-state index contributed by atoms with van der Waals surface area (Å²) in [7, 11) is -3.68. The van der Waals surface area contributed by atoms with Crippen molar-refractivity contribution >= 4 is 15.9 Å². The van der Waals surface area contributed by atoms with Gasteiger partial charge in [0.05, 0.1) is 10.5 Å². The van der Waals surface area contributed by atoms with Crippen LogP contribution in [0.5, 0.6) is 0 Å². The Morgan fingerprint density at radius 3 is 2.72 bits per heavy atom. The van der Waals surface area contributed by atoms with Crippen LogP contribution in [0.4, 0.5) is 0 Å². The molecule has 3 rings (SSSR count). The van der Waals surface area contributed by atoms with Crippen molar-refractivity contribution in [1.29, 1.82) is 0 Å². The number of piperidine rings is 1. The quantitative estimate of drug-likeness (QED) is 0.850. The average Bonchev–Trinajstić information content (AvgIpc) is 3.12. The molecule has 2 heterocycles. The predicted octanol–water partition coefficient (Wildman–Crippen LogP) is 1.76. The maximum Gasteiger partial charge on any atom is 0.267 e. The molecule has 1 fully saturated rings. The Morgan fingerprint density at radius 2 is 2.04 bits per heavy atom. The number of hydrogen-bond donors (Lipinski definition) is 2. The molecule has 1 atom stereocenters. The number of amides is 1. The van der Waals surface area contributed by atoms with Gasteiger partial charge in [0.2, 0.25) is 0 Å². The van der Waals surface area contributed by atoms with Crippen LogP contribution in [0, 0.1) is 12.8 Å². The molecule has 1 aromatic heterocycles. The van der Waals surface area contributed by atoms with E-state index in [1.54, 1.807) is 24.3 Å². The number of aryl methyl sites for hydroxylation is 1. The largest absolute Gasteiger partial charge is 0.352 e. The van der Waals surface area contributed by atoms with Crippen LogP contribution in [0.2, 0.25) is 0 Å². The first-order valence-electron chi connectivity index (χ1n) is 8.46. The Balaban J connectivity index is 1.68. The van der Waals surface area contributed by atoms with Crippen molar-refractivity contribution in [2.24, 2.45) is 5.92 Å². The molecule has 1 unspecified atom stereocenters. The molecular weight excluding hydrogens is 338 g/mol. The molecule has 1 aliphatic rings. The predicted molar refractivity (Wildman–Crippen MR) is 96.1 cm³/mol. The average molecular weight is 361 g/mol. The van der Waals surface area contributed by atoms with Gasteiger partial charge in [-0.2, -0.15) is 0 Å². The number of benzene rings is 1. The van der Waals surface area contributed by atoms with Crippen LogP contribution in [-0.2, 0) is 10.0 Å². The van der Waals surface area contributed by atoms with Crippen molar-refractivity contribution in [3.8, 4) is 0 Å². The molecule has 0 aliphatic carbocycles. The van der Waals surface area contributed by atoms with E-state index in [2.05, 4.69) is 10.6 Å². The minimum Gasteiger partial charge on any atom is -0.352 e. The van der Waals surface area contributed by atoms with Crippen molar-refractivity contribution in [1.82, 2.24) is 14.6 Å². The third-order valence-electron chi connectivity index (χ3n) is 4.48. The number of carbonyl (C=O) groups excluding carboxylic acids is 1. The summed E-state index contributed by atoms with van der Waals surface area (Å²) in [5.74, 6) is 0.180. The highest BCUT2D eigenvalue weighted by atomic mass is 32.2. The molecule has 2 aromatic rings. The molecule has 7 heteroatoms. The molecule has 0 spiro atoms. The third kappa shape index (κ3) is 4.11. The second-order valence-corrected chi connectivity index (χ2v) is 8.31. The number of hydrogen-bond acceptors (Lipinski definition) is 4. The zero-order chi connectivity index (χ0) is 17.9. The number of nitrogens with zero attached hydrogens (tertiary/aromatic N) is 1. The molecule has 0 radical (unpaired) electrons. The highest BCUT2D eigenvalue weighted by Gasteiger charge is 2.19. The van der Waals surface area contributed by atoms with Crippen LogP contribution in [0.25, 0.3) is 0 Å². The third-order valence-corrected chi connectivity index (χ3v) is 6.13. The van der Waals surface area contributed by atoms with Crippen molar-refractivity contribution in [3.05, 3.63) is 53.9 Å². The molecule has 0 bridgehead atoms. The Labute approximate surface area is 148 Å². The van der Waals surface area contributed by atoms with E-state index in [-0.39, 0.29) is 10.8 Å². The highest BCUT2D eigenvalue weighted by molar-refractivity contribution is 7.90. The second-order valence-electron chi connectivity index (χ2n) is 6.47. The molecule has 25 heavy (non-hydrogen) atoms. The lowest BCUT2D eigenvalue weighted by Gasteiger charge is -2.22. The highest BCUT2D eigenvalue weighted by Crippen LogP contribution is 2.16. The van der Waals surface area contributed by atoms with Gasteiger partial charge in [-0.15, -0.1) is 0 Å². The van der Waals surface area contributed by atoms with Gasteiger partial charge in [0.1, 0.15) is 0 Å². The number of rotatable bonds is 5.